The van der Waals surface area contributed by atoms with Gasteiger partial charge < -0.3 is 0 Å². The van der Waals surface area contributed by atoms with Crippen molar-refractivity contribution in [3.8, 4) is 0 Å². The summed E-state index contributed by atoms with van der Waals surface area (Å²) in [5, 5.41) is 10.7. The maximum atomic E-state index is 12.1. The first kappa shape index (κ1) is 11.9. The number of hydrogen-bond acceptors (Lipinski definition) is 4. The number of carbonyl (C=O) groups is 1. The Hall–Kier alpha value is -2.56. The van der Waals surface area contributed by atoms with Crippen LogP contribution in [0.4, 0.5) is 5.69 Å². The minimum atomic E-state index is -0.512. The van der Waals surface area contributed by atoms with Gasteiger partial charge in [-0.3, -0.25) is 19.9 Å². The van der Waals surface area contributed by atoms with Crippen molar-refractivity contribution >= 4 is 11.5 Å². The van der Waals surface area contributed by atoms with Crippen LogP contribution in [0.5, 0.6) is 0 Å². The van der Waals surface area contributed by atoms with E-state index in [4.69, 9.17) is 0 Å². The summed E-state index contributed by atoms with van der Waals surface area (Å²) >= 11 is 0. The fourth-order valence-electron chi connectivity index (χ4n) is 1.64. The van der Waals surface area contributed by atoms with Gasteiger partial charge in [0.25, 0.3) is 5.69 Å². The Balaban J connectivity index is 2.46. The lowest BCUT2D eigenvalue weighted by molar-refractivity contribution is -0.384. The van der Waals surface area contributed by atoms with Crippen LogP contribution < -0.4 is 0 Å². The zero-order chi connectivity index (χ0) is 13.1. The number of aryl methyl sites for hydroxylation is 1. The third kappa shape index (κ3) is 2.40. The van der Waals surface area contributed by atoms with Gasteiger partial charge in [-0.1, -0.05) is 6.07 Å². The van der Waals surface area contributed by atoms with Crippen molar-refractivity contribution in [2.24, 2.45) is 0 Å². The second-order valence-electron chi connectivity index (χ2n) is 3.86. The number of benzene rings is 1. The van der Waals surface area contributed by atoms with Gasteiger partial charge in [0, 0.05) is 23.9 Å². The van der Waals surface area contributed by atoms with E-state index in [1.54, 1.807) is 31.2 Å². The molecule has 0 aliphatic rings. The monoisotopic (exact) mass is 242 g/mol. The van der Waals surface area contributed by atoms with E-state index in [1.165, 1.54) is 18.3 Å². The number of rotatable bonds is 3. The summed E-state index contributed by atoms with van der Waals surface area (Å²) in [5.41, 5.74) is 1.13. The van der Waals surface area contributed by atoms with Crippen LogP contribution in [0.2, 0.25) is 0 Å². The summed E-state index contributed by atoms with van der Waals surface area (Å²) in [7, 11) is 0. The number of nitro groups is 1. The predicted molar refractivity (Wildman–Crippen MR) is 65.5 cm³/mol. The summed E-state index contributed by atoms with van der Waals surface area (Å²) in [6.45, 7) is 1.71. The average molecular weight is 242 g/mol. The molecule has 0 N–H and O–H groups in total. The van der Waals surface area contributed by atoms with Crippen molar-refractivity contribution in [3.63, 3.8) is 0 Å². The molecule has 1 aromatic carbocycles. The summed E-state index contributed by atoms with van der Waals surface area (Å²) in [6, 6.07) is 9.29. The fraction of sp³-hybridized carbons (Fsp3) is 0.0769. The highest BCUT2D eigenvalue weighted by atomic mass is 16.6. The largest absolute Gasteiger partial charge is 0.287 e. The SMILES string of the molecule is Cc1cc(C(=O)c2ccccn2)cc([N+](=O)[O-])c1. The van der Waals surface area contributed by atoms with Crippen molar-refractivity contribution in [2.45, 2.75) is 6.92 Å². The van der Waals surface area contributed by atoms with Crippen molar-refractivity contribution in [1.82, 2.24) is 4.98 Å². The van der Waals surface area contributed by atoms with Crippen molar-refractivity contribution in [3.05, 3.63) is 69.5 Å². The van der Waals surface area contributed by atoms with Gasteiger partial charge in [0.15, 0.2) is 0 Å². The van der Waals surface area contributed by atoms with Crippen LogP contribution in [-0.2, 0) is 0 Å². The third-order valence-corrected chi connectivity index (χ3v) is 2.43. The topological polar surface area (TPSA) is 73.1 Å². The Morgan fingerprint density at radius 2 is 2.06 bits per heavy atom. The smallest absolute Gasteiger partial charge is 0.270 e. The van der Waals surface area contributed by atoms with E-state index in [0.717, 1.165) is 0 Å². The number of hydrogen-bond donors (Lipinski definition) is 0. The van der Waals surface area contributed by atoms with Crippen LogP contribution in [0.1, 0.15) is 21.6 Å². The summed E-state index contributed by atoms with van der Waals surface area (Å²) in [6.07, 6.45) is 1.51. The van der Waals surface area contributed by atoms with Gasteiger partial charge >= 0.3 is 0 Å². The van der Waals surface area contributed by atoms with Gasteiger partial charge in [0.05, 0.1) is 4.92 Å². The maximum absolute atomic E-state index is 12.1. The lowest BCUT2D eigenvalue weighted by Crippen LogP contribution is -2.04. The molecule has 0 bridgehead atoms. The quantitative estimate of drug-likeness (QED) is 0.471. The van der Waals surface area contributed by atoms with Gasteiger partial charge in [-0.15, -0.1) is 0 Å². The van der Waals surface area contributed by atoms with E-state index in [9.17, 15) is 14.9 Å². The molecular formula is C13H10N2O3. The number of nitro benzene ring substituents is 1. The van der Waals surface area contributed by atoms with Crippen LogP contribution in [0.15, 0.2) is 42.6 Å². The first-order valence-electron chi connectivity index (χ1n) is 5.30. The van der Waals surface area contributed by atoms with Crippen LogP contribution in [0.3, 0.4) is 0 Å². The number of aromatic nitrogens is 1. The molecule has 0 atom stereocenters. The predicted octanol–water partition coefficient (Wildman–Crippen LogP) is 2.53. The Morgan fingerprint density at radius 1 is 1.28 bits per heavy atom. The lowest BCUT2D eigenvalue weighted by atomic mass is 10.0. The molecule has 18 heavy (non-hydrogen) atoms. The molecule has 2 rings (SSSR count). The fourth-order valence-corrected chi connectivity index (χ4v) is 1.64. The highest BCUT2D eigenvalue weighted by molar-refractivity contribution is 6.08. The minimum Gasteiger partial charge on any atom is -0.287 e. The Labute approximate surface area is 103 Å². The molecule has 0 saturated heterocycles. The van der Waals surface area contributed by atoms with Crippen molar-refractivity contribution in [2.75, 3.05) is 0 Å². The van der Waals surface area contributed by atoms with Gasteiger partial charge in [-0.05, 0) is 30.7 Å². The lowest BCUT2D eigenvalue weighted by Gasteiger charge is -2.02. The molecule has 0 aliphatic carbocycles. The second-order valence-corrected chi connectivity index (χ2v) is 3.86. The van der Waals surface area contributed by atoms with Crippen molar-refractivity contribution < 1.29 is 9.72 Å². The molecule has 1 heterocycles. The van der Waals surface area contributed by atoms with Crippen LogP contribution in [-0.4, -0.2) is 15.7 Å². The molecule has 90 valence electrons. The normalized spacial score (nSPS) is 10.1. The minimum absolute atomic E-state index is 0.0886. The molecule has 1 aromatic heterocycles. The van der Waals surface area contributed by atoms with Crippen LogP contribution in [0, 0.1) is 17.0 Å². The van der Waals surface area contributed by atoms with Gasteiger partial charge in [-0.25, -0.2) is 0 Å². The van der Waals surface area contributed by atoms with Gasteiger partial charge in [-0.2, -0.15) is 0 Å². The number of pyridine rings is 1. The Bertz CT molecular complexity index is 609. The van der Waals surface area contributed by atoms with Crippen LogP contribution in [0.25, 0.3) is 0 Å². The zero-order valence-corrected chi connectivity index (χ0v) is 9.66. The molecule has 0 amide bonds. The second kappa shape index (κ2) is 4.75. The molecule has 0 radical (unpaired) electrons. The molecule has 0 fully saturated rings. The Kier molecular flexibility index (Phi) is 3.14. The van der Waals surface area contributed by atoms with Gasteiger partial charge in [0.2, 0.25) is 5.78 Å². The number of ketones is 1. The van der Waals surface area contributed by atoms with E-state index < -0.39 is 4.92 Å². The highest BCUT2D eigenvalue weighted by Crippen LogP contribution is 2.18. The van der Waals surface area contributed by atoms with E-state index in [1.807, 2.05) is 0 Å². The molecule has 0 spiro atoms. The molecular weight excluding hydrogens is 232 g/mol. The first-order chi connectivity index (χ1) is 8.58. The van der Waals surface area contributed by atoms with E-state index >= 15 is 0 Å². The molecule has 5 heteroatoms. The summed E-state index contributed by atoms with van der Waals surface area (Å²) in [4.78, 5) is 26.3. The standard InChI is InChI=1S/C13H10N2O3/c1-9-6-10(8-11(7-9)15(17)18)13(16)12-4-2-3-5-14-12/h2-8H,1H3. The average Bonchev–Trinajstić information content (AvgIpc) is 2.38. The van der Waals surface area contributed by atoms with E-state index in [2.05, 4.69) is 4.98 Å². The first-order valence-corrected chi connectivity index (χ1v) is 5.30. The zero-order valence-electron chi connectivity index (χ0n) is 9.66. The van der Waals surface area contributed by atoms with E-state index in [-0.39, 0.29) is 22.7 Å². The third-order valence-electron chi connectivity index (χ3n) is 2.43. The molecule has 0 aliphatic heterocycles. The molecule has 0 unspecified atom stereocenters. The summed E-state index contributed by atoms with van der Waals surface area (Å²) in [5.74, 6) is -0.317. The maximum Gasteiger partial charge on any atom is 0.270 e. The molecule has 2 aromatic rings. The Morgan fingerprint density at radius 3 is 2.67 bits per heavy atom. The van der Waals surface area contributed by atoms with Crippen LogP contribution >= 0.6 is 0 Å². The molecule has 0 saturated carbocycles. The number of nitrogens with zero attached hydrogens (tertiary/aromatic N) is 2. The number of carbonyl (C=O) groups excluding carboxylic acids is 1. The summed E-state index contributed by atoms with van der Waals surface area (Å²) < 4.78 is 0. The highest BCUT2D eigenvalue weighted by Gasteiger charge is 2.15. The number of non-ortho nitro benzene ring substituents is 1. The van der Waals surface area contributed by atoms with Gasteiger partial charge in [0.1, 0.15) is 5.69 Å². The van der Waals surface area contributed by atoms with E-state index in [0.29, 0.717) is 5.56 Å². The van der Waals surface area contributed by atoms with Crippen molar-refractivity contribution in [1.29, 1.82) is 0 Å². The molecule has 5 nitrogen and oxygen atoms in total.